The van der Waals surface area contributed by atoms with E-state index in [0.29, 0.717) is 7.57 Å². The van der Waals surface area contributed by atoms with E-state index >= 15 is 0 Å². The van der Waals surface area contributed by atoms with Crippen molar-refractivity contribution in [1.82, 2.24) is 0 Å². The molecule has 0 aliphatic heterocycles. The molecule has 1 unspecified atom stereocenters. The van der Waals surface area contributed by atoms with Crippen LogP contribution in [-0.2, 0) is 0 Å². The van der Waals surface area contributed by atoms with Crippen molar-refractivity contribution < 1.29 is 22.0 Å². The second kappa shape index (κ2) is 5.90. The van der Waals surface area contributed by atoms with Crippen LogP contribution >= 0.6 is 54.8 Å². The van der Waals surface area contributed by atoms with Gasteiger partial charge in [0.15, 0.2) is 23.3 Å². The van der Waals surface area contributed by atoms with Gasteiger partial charge in [0.1, 0.15) is 0 Å². The third-order valence-corrected chi connectivity index (χ3v) is 5.29. The molecule has 0 radical (unpaired) electrons. The van der Waals surface area contributed by atoms with Crippen LogP contribution in [0.15, 0.2) is 13.6 Å². The van der Waals surface area contributed by atoms with Crippen LogP contribution in [0.3, 0.4) is 0 Å². The maximum absolute atomic E-state index is 13.6. The van der Waals surface area contributed by atoms with E-state index in [1.807, 2.05) is 0 Å². The van der Waals surface area contributed by atoms with Crippen molar-refractivity contribution in [2.45, 2.75) is 5.38 Å². The molecule has 9 heteroatoms. The summed E-state index contributed by atoms with van der Waals surface area (Å²) in [5, 5.41) is -1.52. The Bertz CT molecular complexity index is 659. The quantitative estimate of drug-likeness (QED) is 0.215. The van der Waals surface area contributed by atoms with Crippen LogP contribution in [0.1, 0.15) is 16.5 Å². The number of alkyl halides is 1. The molecule has 2 rings (SSSR count). The fourth-order valence-corrected chi connectivity index (χ4v) is 4.99. The average Bonchev–Trinajstić information content (AvgIpc) is 2.73. The molecule has 0 aliphatic carbocycles. The van der Waals surface area contributed by atoms with Crippen LogP contribution in [0, 0.1) is 29.1 Å². The minimum absolute atomic E-state index is 0.201. The van der Waals surface area contributed by atoms with Gasteiger partial charge in [-0.1, -0.05) is 0 Å². The predicted octanol–water partition coefficient (Wildman–Crippen LogP) is 6.30. The smallest absolute Gasteiger partial charge is 0.200 e. The van der Waals surface area contributed by atoms with Crippen LogP contribution in [-0.4, -0.2) is 0 Å². The lowest BCUT2D eigenvalue weighted by atomic mass is 10.0. The number of benzene rings is 1. The van der Waals surface area contributed by atoms with Crippen molar-refractivity contribution in [2.75, 3.05) is 0 Å². The summed E-state index contributed by atoms with van der Waals surface area (Å²) in [6.07, 6.45) is 0. The zero-order valence-electron chi connectivity index (χ0n) is 9.09. The SMILES string of the molecule is Fc1c(F)c(F)c(C(Cl)c2cc(Br)sc2Br)c(F)c1F. The van der Waals surface area contributed by atoms with Gasteiger partial charge in [-0.3, -0.25) is 0 Å². The molecule has 1 heterocycles. The van der Waals surface area contributed by atoms with Gasteiger partial charge in [-0.05, 0) is 37.9 Å². The van der Waals surface area contributed by atoms with E-state index in [2.05, 4.69) is 31.9 Å². The van der Waals surface area contributed by atoms with Gasteiger partial charge in [0.05, 0.1) is 18.5 Å². The maximum atomic E-state index is 13.6. The van der Waals surface area contributed by atoms with Crippen molar-refractivity contribution in [3.8, 4) is 0 Å². The Labute approximate surface area is 135 Å². The number of halogens is 8. The molecule has 1 atom stereocenters. The predicted molar refractivity (Wildman–Crippen MR) is 73.6 cm³/mol. The molecule has 0 nitrogen and oxygen atoms in total. The Balaban J connectivity index is 2.67. The summed E-state index contributed by atoms with van der Waals surface area (Å²) in [6, 6.07) is 1.43. The van der Waals surface area contributed by atoms with Crippen molar-refractivity contribution in [2.24, 2.45) is 0 Å². The topological polar surface area (TPSA) is 0 Å². The lowest BCUT2D eigenvalue weighted by Crippen LogP contribution is -2.09. The molecule has 0 saturated heterocycles. The van der Waals surface area contributed by atoms with Crippen LogP contribution < -0.4 is 0 Å². The highest BCUT2D eigenvalue weighted by Crippen LogP contribution is 2.43. The van der Waals surface area contributed by atoms with Gasteiger partial charge in [0.25, 0.3) is 0 Å². The molecule has 0 bridgehead atoms. The summed E-state index contributed by atoms with van der Waals surface area (Å²) in [5.41, 5.74) is -0.874. The molecule has 2 aromatic rings. The standard InChI is InChI=1S/C11H2Br2ClF5S/c12-3-1-2(11(13)20-3)5(14)4-6(15)8(17)10(19)9(18)7(4)16/h1,5H. The summed E-state index contributed by atoms with van der Waals surface area (Å²) in [7, 11) is 0. The van der Waals surface area contributed by atoms with Crippen molar-refractivity contribution >= 4 is 54.8 Å². The largest absolute Gasteiger partial charge is 0.203 e. The number of rotatable bonds is 2. The first-order valence-electron chi connectivity index (χ1n) is 4.85. The first kappa shape index (κ1) is 16.2. The minimum atomic E-state index is -2.21. The molecule has 1 aromatic heterocycles. The normalized spacial score (nSPS) is 12.8. The van der Waals surface area contributed by atoms with Gasteiger partial charge in [0.2, 0.25) is 5.82 Å². The fraction of sp³-hybridized carbons (Fsp3) is 0.0909. The lowest BCUT2D eigenvalue weighted by Gasteiger charge is -2.13. The van der Waals surface area contributed by atoms with E-state index in [1.54, 1.807) is 0 Å². The Morgan fingerprint density at radius 1 is 0.900 bits per heavy atom. The van der Waals surface area contributed by atoms with Crippen LogP contribution in [0.4, 0.5) is 22.0 Å². The van der Waals surface area contributed by atoms with E-state index in [0.717, 1.165) is 11.3 Å². The van der Waals surface area contributed by atoms with E-state index in [4.69, 9.17) is 11.6 Å². The van der Waals surface area contributed by atoms with Gasteiger partial charge >= 0.3 is 0 Å². The lowest BCUT2D eigenvalue weighted by molar-refractivity contribution is 0.371. The van der Waals surface area contributed by atoms with Crippen molar-refractivity contribution in [3.63, 3.8) is 0 Å². The highest BCUT2D eigenvalue weighted by atomic mass is 79.9. The van der Waals surface area contributed by atoms with Crippen molar-refractivity contribution in [3.05, 3.63) is 53.9 Å². The van der Waals surface area contributed by atoms with Crippen LogP contribution in [0.5, 0.6) is 0 Å². The van der Waals surface area contributed by atoms with Gasteiger partial charge in [-0.2, -0.15) is 0 Å². The summed E-state index contributed by atoms with van der Waals surface area (Å²) >= 11 is 13.3. The van der Waals surface area contributed by atoms with Crippen LogP contribution in [0.2, 0.25) is 0 Å². The van der Waals surface area contributed by atoms with Gasteiger partial charge in [0, 0.05) is 5.56 Å². The Kier molecular flexibility index (Phi) is 4.78. The molecule has 0 spiro atoms. The molecule has 0 saturated carbocycles. The highest BCUT2D eigenvalue weighted by Gasteiger charge is 2.31. The number of thiophene rings is 1. The minimum Gasteiger partial charge on any atom is -0.203 e. The Morgan fingerprint density at radius 3 is 1.75 bits per heavy atom. The van der Waals surface area contributed by atoms with Crippen molar-refractivity contribution in [1.29, 1.82) is 0 Å². The highest BCUT2D eigenvalue weighted by molar-refractivity contribution is 9.12. The summed E-state index contributed by atoms with van der Waals surface area (Å²) in [4.78, 5) is 0. The molecular formula is C11H2Br2ClF5S. The second-order valence-electron chi connectivity index (χ2n) is 3.63. The van der Waals surface area contributed by atoms with Gasteiger partial charge in [-0.15, -0.1) is 22.9 Å². The fourth-order valence-electron chi connectivity index (χ4n) is 1.53. The Morgan fingerprint density at radius 2 is 1.35 bits per heavy atom. The first-order valence-corrected chi connectivity index (χ1v) is 7.69. The zero-order valence-corrected chi connectivity index (χ0v) is 13.8. The van der Waals surface area contributed by atoms with Crippen LogP contribution in [0.25, 0.3) is 0 Å². The van der Waals surface area contributed by atoms with E-state index < -0.39 is 40.0 Å². The first-order chi connectivity index (χ1) is 9.25. The molecule has 0 aliphatic rings. The average molecular weight is 456 g/mol. The third-order valence-electron chi connectivity index (χ3n) is 2.45. The molecule has 20 heavy (non-hydrogen) atoms. The van der Waals surface area contributed by atoms with Gasteiger partial charge < -0.3 is 0 Å². The molecule has 0 N–H and O–H groups in total. The van der Waals surface area contributed by atoms with E-state index in [9.17, 15) is 22.0 Å². The van der Waals surface area contributed by atoms with E-state index in [-0.39, 0.29) is 5.56 Å². The third kappa shape index (κ3) is 2.63. The molecule has 1 aromatic carbocycles. The van der Waals surface area contributed by atoms with E-state index in [1.165, 1.54) is 6.07 Å². The molecule has 108 valence electrons. The number of hydrogen-bond donors (Lipinski definition) is 0. The molecule has 0 fully saturated rings. The number of hydrogen-bond acceptors (Lipinski definition) is 1. The summed E-state index contributed by atoms with van der Waals surface area (Å²) < 4.78 is 67.6. The summed E-state index contributed by atoms with van der Waals surface area (Å²) in [6.45, 7) is 0. The summed E-state index contributed by atoms with van der Waals surface area (Å²) in [5.74, 6) is -10.1. The molecular weight excluding hydrogens is 454 g/mol. The van der Waals surface area contributed by atoms with Gasteiger partial charge in [-0.25, -0.2) is 22.0 Å². The zero-order chi connectivity index (χ0) is 15.2. The molecule has 0 amide bonds. The monoisotopic (exact) mass is 454 g/mol. The Hall–Kier alpha value is -0.180. The maximum Gasteiger partial charge on any atom is 0.200 e. The second-order valence-corrected chi connectivity index (χ2v) is 7.81.